The van der Waals surface area contributed by atoms with Crippen molar-refractivity contribution < 1.29 is 23.7 Å². The van der Waals surface area contributed by atoms with E-state index in [0.29, 0.717) is 36.5 Å². The van der Waals surface area contributed by atoms with Crippen LogP contribution in [0, 0.1) is 12.7 Å². The van der Waals surface area contributed by atoms with Crippen LogP contribution in [0.2, 0.25) is 0 Å². The van der Waals surface area contributed by atoms with Crippen molar-refractivity contribution in [2.24, 2.45) is 0 Å². The summed E-state index contributed by atoms with van der Waals surface area (Å²) in [5.74, 6) is -0.484. The van der Waals surface area contributed by atoms with Gasteiger partial charge in [-0.15, -0.1) is 0 Å². The molecule has 0 radical (unpaired) electrons. The maximum atomic E-state index is 13.4. The van der Waals surface area contributed by atoms with E-state index in [1.807, 2.05) is 0 Å². The van der Waals surface area contributed by atoms with Crippen LogP contribution in [0.5, 0.6) is 0 Å². The van der Waals surface area contributed by atoms with Crippen molar-refractivity contribution >= 4 is 5.91 Å². The third-order valence-electron chi connectivity index (χ3n) is 4.37. The molecule has 2 aromatic rings. The Morgan fingerprint density at radius 1 is 1.44 bits per heavy atom. The number of hydrogen-bond donors (Lipinski definition) is 1. The molecule has 1 aromatic heterocycles. The van der Waals surface area contributed by atoms with Gasteiger partial charge in [0.15, 0.2) is 0 Å². The molecule has 8 heteroatoms. The van der Waals surface area contributed by atoms with Gasteiger partial charge in [-0.1, -0.05) is 22.4 Å². The summed E-state index contributed by atoms with van der Waals surface area (Å²) in [6.45, 7) is 2.41. The van der Waals surface area contributed by atoms with Gasteiger partial charge in [0.2, 0.25) is 5.91 Å². The highest BCUT2D eigenvalue weighted by Gasteiger charge is 2.38. The zero-order chi connectivity index (χ0) is 17.9. The van der Waals surface area contributed by atoms with Crippen LogP contribution in [0.1, 0.15) is 17.0 Å². The van der Waals surface area contributed by atoms with E-state index in [4.69, 9.17) is 4.74 Å². The first-order valence-corrected chi connectivity index (χ1v) is 8.06. The summed E-state index contributed by atoms with van der Waals surface area (Å²) in [6, 6.07) is 6.16. The highest BCUT2D eigenvalue weighted by molar-refractivity contribution is 5.78. The third kappa shape index (κ3) is 4.02. The number of nitrogens with zero attached hydrogens (tertiary/aromatic N) is 3. The van der Waals surface area contributed by atoms with E-state index in [-0.39, 0.29) is 31.3 Å². The van der Waals surface area contributed by atoms with Gasteiger partial charge in [-0.05, 0) is 24.6 Å². The minimum absolute atomic E-state index is 0.0802. The predicted octanol–water partition coefficient (Wildman–Crippen LogP) is 0.892. The molecule has 3 rings (SSSR count). The average molecular weight is 349 g/mol. The molecule has 1 aromatic carbocycles. The monoisotopic (exact) mass is 349 g/mol. The number of carbonyl (C=O) groups excluding carboxylic acids is 1. The Balaban J connectivity index is 1.71. The summed E-state index contributed by atoms with van der Waals surface area (Å²) in [4.78, 5) is 14.2. The number of halogens is 1. The van der Waals surface area contributed by atoms with E-state index in [9.17, 15) is 14.3 Å². The van der Waals surface area contributed by atoms with Gasteiger partial charge in [-0.3, -0.25) is 4.79 Å². The normalized spacial score (nSPS) is 20.7. The second-order valence-electron chi connectivity index (χ2n) is 6.28. The first-order valence-electron chi connectivity index (χ1n) is 8.06. The van der Waals surface area contributed by atoms with Gasteiger partial charge in [-0.25, -0.2) is 9.02 Å². The molecule has 0 aliphatic carbocycles. The van der Waals surface area contributed by atoms with E-state index < -0.39 is 5.60 Å². The van der Waals surface area contributed by atoms with Gasteiger partial charge in [-0.2, -0.15) is 0 Å². The van der Waals surface area contributed by atoms with E-state index >= 15 is 0 Å². The molecular weight excluding hydrogens is 329 g/mol. The van der Waals surface area contributed by atoms with Crippen LogP contribution in [0.25, 0.3) is 0 Å². The zero-order valence-electron chi connectivity index (χ0n) is 13.9. The summed E-state index contributed by atoms with van der Waals surface area (Å²) < 4.78 is 23.8. The van der Waals surface area contributed by atoms with Crippen LogP contribution in [0.4, 0.5) is 4.39 Å². The third-order valence-corrected chi connectivity index (χ3v) is 4.37. The van der Waals surface area contributed by atoms with Crippen molar-refractivity contribution in [2.45, 2.75) is 25.4 Å². The summed E-state index contributed by atoms with van der Waals surface area (Å²) in [7, 11) is 0. The number of rotatable bonds is 5. The molecule has 25 heavy (non-hydrogen) atoms. The quantitative estimate of drug-likeness (QED) is 0.862. The van der Waals surface area contributed by atoms with Crippen LogP contribution in [-0.2, 0) is 22.4 Å². The van der Waals surface area contributed by atoms with Crippen molar-refractivity contribution in [2.75, 3.05) is 26.3 Å². The molecule has 1 aliphatic rings. The van der Waals surface area contributed by atoms with Crippen molar-refractivity contribution in [1.82, 2.24) is 15.2 Å². The molecular formula is C17H20FN3O4. The number of aliphatic hydroxyl groups excluding tert-OH is 1. The molecule has 1 amide bonds. The maximum Gasteiger partial charge on any atom is 0.228 e. The van der Waals surface area contributed by atoms with Crippen LogP contribution >= 0.6 is 0 Å². The Morgan fingerprint density at radius 2 is 2.28 bits per heavy atom. The summed E-state index contributed by atoms with van der Waals surface area (Å²) in [5, 5.41) is 17.3. The molecule has 0 saturated carbocycles. The largest absolute Gasteiger partial charge is 0.393 e. The van der Waals surface area contributed by atoms with Gasteiger partial charge in [0.05, 0.1) is 26.2 Å². The first kappa shape index (κ1) is 17.5. The van der Waals surface area contributed by atoms with Crippen LogP contribution in [0.15, 0.2) is 28.9 Å². The second kappa shape index (κ2) is 7.28. The van der Waals surface area contributed by atoms with Crippen molar-refractivity contribution in [3.63, 3.8) is 0 Å². The number of aryl methyl sites for hydroxylation is 1. The average Bonchev–Trinajstić information content (AvgIpc) is 3.00. The minimum atomic E-state index is -0.946. The molecule has 1 atom stereocenters. The van der Waals surface area contributed by atoms with Gasteiger partial charge in [0, 0.05) is 13.0 Å². The second-order valence-corrected chi connectivity index (χ2v) is 6.28. The first-order chi connectivity index (χ1) is 12.0. The van der Waals surface area contributed by atoms with Crippen LogP contribution < -0.4 is 0 Å². The van der Waals surface area contributed by atoms with Crippen molar-refractivity contribution in [3.05, 3.63) is 47.0 Å². The lowest BCUT2D eigenvalue weighted by molar-refractivity contribution is -0.157. The lowest BCUT2D eigenvalue weighted by Gasteiger charge is -2.42. The van der Waals surface area contributed by atoms with Gasteiger partial charge in [0.25, 0.3) is 0 Å². The Labute approximate surface area is 144 Å². The van der Waals surface area contributed by atoms with Gasteiger partial charge >= 0.3 is 0 Å². The number of amides is 1. The molecule has 0 bridgehead atoms. The highest BCUT2D eigenvalue weighted by atomic mass is 19.1. The molecule has 0 spiro atoms. The van der Waals surface area contributed by atoms with E-state index in [2.05, 4.69) is 14.9 Å². The lowest BCUT2D eigenvalue weighted by Crippen LogP contribution is -2.57. The SMILES string of the molecule is Cc1nonc1CC(=O)N1CCO[C@@](CO)(Cc2cccc(F)c2)C1. The number of aromatic nitrogens is 2. The van der Waals surface area contributed by atoms with Crippen LogP contribution in [-0.4, -0.2) is 58.1 Å². The molecule has 0 unspecified atom stereocenters. The van der Waals surface area contributed by atoms with E-state index in [0.717, 1.165) is 0 Å². The Kier molecular flexibility index (Phi) is 5.10. The molecule has 1 aliphatic heterocycles. The summed E-state index contributed by atoms with van der Waals surface area (Å²) in [6.07, 6.45) is 0.395. The molecule has 1 saturated heterocycles. The van der Waals surface area contributed by atoms with E-state index in [1.54, 1.807) is 24.0 Å². The Hall–Kier alpha value is -2.32. The predicted molar refractivity (Wildman–Crippen MR) is 85.2 cm³/mol. The standard InChI is InChI=1S/C17H20FN3O4/c1-12-15(20-25-19-12)8-16(23)21-5-6-24-17(10-21,11-22)9-13-3-2-4-14(18)7-13/h2-4,7,22H,5-6,8-11H2,1H3/t17-/m0/s1. The molecule has 2 heterocycles. The Bertz CT molecular complexity index is 751. The molecule has 1 fully saturated rings. The molecule has 1 N–H and O–H groups in total. The molecule has 7 nitrogen and oxygen atoms in total. The summed E-state index contributed by atoms with van der Waals surface area (Å²) >= 11 is 0. The number of aliphatic hydroxyl groups is 1. The van der Waals surface area contributed by atoms with Crippen LogP contribution in [0.3, 0.4) is 0 Å². The summed E-state index contributed by atoms with van der Waals surface area (Å²) in [5.41, 5.74) is 0.838. The fourth-order valence-corrected chi connectivity index (χ4v) is 3.00. The number of morpholine rings is 1. The number of carbonyl (C=O) groups is 1. The number of benzene rings is 1. The highest BCUT2D eigenvalue weighted by Crippen LogP contribution is 2.24. The van der Waals surface area contributed by atoms with E-state index in [1.165, 1.54) is 12.1 Å². The maximum absolute atomic E-state index is 13.4. The fraction of sp³-hybridized carbons (Fsp3) is 0.471. The zero-order valence-corrected chi connectivity index (χ0v) is 13.9. The van der Waals surface area contributed by atoms with Crippen molar-refractivity contribution in [3.8, 4) is 0 Å². The number of hydrogen-bond acceptors (Lipinski definition) is 6. The van der Waals surface area contributed by atoms with Crippen molar-refractivity contribution in [1.29, 1.82) is 0 Å². The molecule has 134 valence electrons. The minimum Gasteiger partial charge on any atom is -0.393 e. The number of ether oxygens (including phenoxy) is 1. The smallest absolute Gasteiger partial charge is 0.228 e. The lowest BCUT2D eigenvalue weighted by atomic mass is 9.93. The fourth-order valence-electron chi connectivity index (χ4n) is 3.00. The van der Waals surface area contributed by atoms with Gasteiger partial charge < -0.3 is 14.7 Å². The topological polar surface area (TPSA) is 88.7 Å². The Morgan fingerprint density at radius 3 is 2.96 bits per heavy atom. The van der Waals surface area contributed by atoms with Gasteiger partial charge in [0.1, 0.15) is 22.8 Å².